The molecule has 0 spiro atoms. The Hall–Kier alpha value is -2.76. The Morgan fingerprint density at radius 3 is 2.75 bits per heavy atom. The van der Waals surface area contributed by atoms with Gasteiger partial charge in [-0.25, -0.2) is 9.49 Å². The topological polar surface area (TPSA) is 81.6 Å². The largest absolute Gasteiger partial charge is 0.394 e. The monoisotopic (exact) mass is 272 g/mol. The second-order valence-corrected chi connectivity index (χ2v) is 4.04. The fourth-order valence-corrected chi connectivity index (χ4v) is 1.63. The Morgan fingerprint density at radius 1 is 1.40 bits per heavy atom. The number of aromatic amines is 1. The molecule has 1 aromatic heterocycles. The summed E-state index contributed by atoms with van der Waals surface area (Å²) in [6.45, 7) is 0. The van der Waals surface area contributed by atoms with E-state index in [0.29, 0.717) is 11.3 Å². The van der Waals surface area contributed by atoms with Crippen LogP contribution in [0.3, 0.4) is 0 Å². The minimum atomic E-state index is -0.443. The molecular weight excluding hydrogens is 259 g/mol. The molecule has 20 heavy (non-hydrogen) atoms. The van der Waals surface area contributed by atoms with E-state index in [-0.39, 0.29) is 17.1 Å². The van der Waals surface area contributed by atoms with E-state index >= 15 is 0 Å². The van der Waals surface area contributed by atoms with Gasteiger partial charge >= 0.3 is 0 Å². The van der Waals surface area contributed by atoms with E-state index in [0.717, 1.165) is 0 Å². The first-order chi connectivity index (χ1) is 9.61. The molecule has 0 aliphatic rings. The Morgan fingerprint density at radius 2 is 2.10 bits per heavy atom. The molecule has 6 heteroatoms. The normalized spacial score (nSPS) is 10.7. The average Bonchev–Trinajstić information content (AvgIpc) is 2.46. The molecule has 0 fully saturated rings. The third kappa shape index (κ3) is 2.97. The summed E-state index contributed by atoms with van der Waals surface area (Å²) in [5, 5.41) is 16.8. The van der Waals surface area contributed by atoms with Crippen molar-refractivity contribution in [3.63, 3.8) is 0 Å². The van der Waals surface area contributed by atoms with Gasteiger partial charge in [-0.15, -0.1) is 0 Å². The number of benzene rings is 1. The smallest absolute Gasteiger partial charge is 0.273 e. The van der Waals surface area contributed by atoms with E-state index in [1.807, 2.05) is 0 Å². The van der Waals surface area contributed by atoms with Crippen LogP contribution in [0.2, 0.25) is 0 Å². The van der Waals surface area contributed by atoms with E-state index in [9.17, 15) is 9.18 Å². The zero-order valence-electron chi connectivity index (χ0n) is 10.8. The molecule has 5 nitrogen and oxygen atoms in total. The summed E-state index contributed by atoms with van der Waals surface area (Å²) in [7, 11) is 1.70. The fraction of sp³-hybridized carbons (Fsp3) is 0.0714. The van der Waals surface area contributed by atoms with Crippen molar-refractivity contribution in [1.82, 2.24) is 15.5 Å². The van der Waals surface area contributed by atoms with Crippen molar-refractivity contribution < 1.29 is 4.39 Å². The lowest BCUT2D eigenvalue weighted by molar-refractivity contribution is 0.628. The number of hydrogen-bond acceptors (Lipinski definition) is 4. The lowest BCUT2D eigenvalue weighted by Gasteiger charge is -2.03. The molecular formula is C14H13FN4O. The van der Waals surface area contributed by atoms with Gasteiger partial charge in [-0.2, -0.15) is 5.10 Å². The number of halogens is 1. The summed E-state index contributed by atoms with van der Waals surface area (Å²) in [5.74, 6) is -0.344. The van der Waals surface area contributed by atoms with E-state index in [4.69, 9.17) is 5.41 Å². The molecule has 0 saturated heterocycles. The van der Waals surface area contributed by atoms with Crippen molar-refractivity contribution >= 4 is 5.71 Å². The second-order valence-electron chi connectivity index (χ2n) is 4.04. The van der Waals surface area contributed by atoms with Crippen LogP contribution in [0.15, 0.2) is 47.4 Å². The molecule has 0 aliphatic heterocycles. The second kappa shape index (κ2) is 5.92. The highest BCUT2D eigenvalue weighted by Gasteiger charge is 2.08. The highest BCUT2D eigenvalue weighted by atomic mass is 19.1. The van der Waals surface area contributed by atoms with Gasteiger partial charge in [0.15, 0.2) is 0 Å². The van der Waals surface area contributed by atoms with Gasteiger partial charge in [0.2, 0.25) is 0 Å². The van der Waals surface area contributed by atoms with Crippen molar-refractivity contribution in [2.75, 3.05) is 7.05 Å². The summed E-state index contributed by atoms with van der Waals surface area (Å²) in [5.41, 5.74) is 0.954. The minimum absolute atomic E-state index is 0.0614. The molecule has 0 unspecified atom stereocenters. The molecule has 0 aliphatic carbocycles. The number of nitrogens with one attached hydrogen (secondary N) is 3. The molecule has 1 heterocycles. The van der Waals surface area contributed by atoms with Gasteiger partial charge in [-0.05, 0) is 42.6 Å². The molecule has 0 bridgehead atoms. The zero-order valence-corrected chi connectivity index (χ0v) is 10.8. The van der Waals surface area contributed by atoms with Crippen LogP contribution in [-0.2, 0) is 0 Å². The molecule has 0 saturated carbocycles. The van der Waals surface area contributed by atoms with Crippen molar-refractivity contribution in [2.24, 2.45) is 0 Å². The molecule has 0 radical (unpaired) electrons. The van der Waals surface area contributed by atoms with Crippen molar-refractivity contribution in [3.8, 4) is 11.3 Å². The maximum atomic E-state index is 12.9. The SMILES string of the molecule is CN/C=C\C(=N)c1cc(-c2ccc(F)cc2)n[nH]c1=O. The van der Waals surface area contributed by atoms with Crippen molar-refractivity contribution in [2.45, 2.75) is 0 Å². The lowest BCUT2D eigenvalue weighted by atomic mass is 10.1. The van der Waals surface area contributed by atoms with Gasteiger partial charge in [0.25, 0.3) is 5.56 Å². The van der Waals surface area contributed by atoms with Crippen LogP contribution in [-0.4, -0.2) is 23.0 Å². The first kappa shape index (κ1) is 13.7. The number of allylic oxidation sites excluding steroid dienone is 1. The standard InChI is InChI=1S/C14H13FN4O/c1-17-7-6-12(16)11-8-13(18-19-14(11)20)9-2-4-10(15)5-3-9/h2-8,16-17H,1H3,(H,19,20)/b7-6-,16-12?. The number of nitrogens with zero attached hydrogens (tertiary/aromatic N) is 1. The van der Waals surface area contributed by atoms with E-state index in [1.165, 1.54) is 24.3 Å². The molecule has 3 N–H and O–H groups in total. The molecule has 1 aromatic carbocycles. The van der Waals surface area contributed by atoms with Gasteiger partial charge in [-0.3, -0.25) is 4.79 Å². The zero-order chi connectivity index (χ0) is 14.5. The lowest BCUT2D eigenvalue weighted by Crippen LogP contribution is -2.18. The highest BCUT2D eigenvalue weighted by Crippen LogP contribution is 2.16. The Labute approximate surface area is 114 Å². The summed E-state index contributed by atoms with van der Waals surface area (Å²) >= 11 is 0. The maximum absolute atomic E-state index is 12.9. The molecule has 0 amide bonds. The molecule has 0 atom stereocenters. The van der Waals surface area contributed by atoms with Crippen LogP contribution < -0.4 is 10.9 Å². The Bertz CT molecular complexity index is 704. The summed E-state index contributed by atoms with van der Waals surface area (Å²) in [6, 6.07) is 7.26. The summed E-state index contributed by atoms with van der Waals surface area (Å²) < 4.78 is 12.9. The average molecular weight is 272 g/mol. The van der Waals surface area contributed by atoms with Gasteiger partial charge in [-0.1, -0.05) is 0 Å². The van der Waals surface area contributed by atoms with Gasteiger partial charge in [0, 0.05) is 12.6 Å². The van der Waals surface area contributed by atoms with Gasteiger partial charge in [0.1, 0.15) is 5.82 Å². The number of rotatable bonds is 4. The van der Waals surface area contributed by atoms with Gasteiger partial charge in [0.05, 0.1) is 17.0 Å². The minimum Gasteiger partial charge on any atom is -0.394 e. The highest BCUT2D eigenvalue weighted by molar-refractivity contribution is 6.06. The van der Waals surface area contributed by atoms with Crippen LogP contribution in [0, 0.1) is 11.2 Å². The molecule has 2 rings (SSSR count). The van der Waals surface area contributed by atoms with Crippen LogP contribution in [0.1, 0.15) is 5.56 Å². The third-order valence-corrected chi connectivity index (χ3v) is 2.65. The molecule has 2 aromatic rings. The van der Waals surface area contributed by atoms with Crippen molar-refractivity contribution in [3.05, 3.63) is 64.3 Å². The Kier molecular flexibility index (Phi) is 4.05. The van der Waals surface area contributed by atoms with Crippen LogP contribution in [0.4, 0.5) is 4.39 Å². The summed E-state index contributed by atoms with van der Waals surface area (Å²) in [4.78, 5) is 11.7. The van der Waals surface area contributed by atoms with E-state index in [2.05, 4.69) is 15.5 Å². The number of hydrogen-bond donors (Lipinski definition) is 3. The Balaban J connectivity index is 2.43. The first-order valence-electron chi connectivity index (χ1n) is 5.90. The number of H-pyrrole nitrogens is 1. The summed E-state index contributed by atoms with van der Waals surface area (Å²) in [6.07, 6.45) is 3.03. The number of aromatic nitrogens is 2. The van der Waals surface area contributed by atoms with E-state index in [1.54, 1.807) is 25.4 Å². The molecule has 102 valence electrons. The van der Waals surface area contributed by atoms with Crippen molar-refractivity contribution in [1.29, 1.82) is 5.41 Å². The predicted molar refractivity (Wildman–Crippen MR) is 75.3 cm³/mol. The van der Waals surface area contributed by atoms with Crippen LogP contribution in [0.5, 0.6) is 0 Å². The fourth-order valence-electron chi connectivity index (χ4n) is 1.63. The predicted octanol–water partition coefficient (Wildman–Crippen LogP) is 1.68. The quantitative estimate of drug-likeness (QED) is 0.741. The maximum Gasteiger partial charge on any atom is 0.273 e. The van der Waals surface area contributed by atoms with E-state index < -0.39 is 5.56 Å². The van der Waals surface area contributed by atoms with Gasteiger partial charge < -0.3 is 10.7 Å². The van der Waals surface area contributed by atoms with Crippen LogP contribution >= 0.6 is 0 Å². The first-order valence-corrected chi connectivity index (χ1v) is 5.90. The third-order valence-electron chi connectivity index (χ3n) is 2.65. The van der Waals surface area contributed by atoms with Crippen LogP contribution in [0.25, 0.3) is 11.3 Å².